The van der Waals surface area contributed by atoms with Crippen molar-refractivity contribution in [1.29, 1.82) is 0 Å². The van der Waals surface area contributed by atoms with E-state index in [2.05, 4.69) is 26.0 Å². The Balaban J connectivity index is 0.00000441. The minimum absolute atomic E-state index is 0. The van der Waals surface area contributed by atoms with Crippen LogP contribution in [0.2, 0.25) is 0 Å². The van der Waals surface area contributed by atoms with Crippen LogP contribution in [0, 0.1) is 0 Å². The summed E-state index contributed by atoms with van der Waals surface area (Å²) in [6.45, 7) is 9.28. The Labute approximate surface area is 149 Å². The van der Waals surface area contributed by atoms with E-state index in [1.54, 1.807) is 10.9 Å². The Morgan fingerprint density at radius 2 is 2.05 bits per heavy atom. The molecule has 7 nitrogen and oxygen atoms in total. The van der Waals surface area contributed by atoms with Crippen LogP contribution in [0.25, 0.3) is 0 Å². The van der Waals surface area contributed by atoms with Crippen LogP contribution in [-0.4, -0.2) is 40.3 Å². The van der Waals surface area contributed by atoms with Gasteiger partial charge in [-0.25, -0.2) is 4.99 Å². The zero-order valence-electron chi connectivity index (χ0n) is 13.9. The van der Waals surface area contributed by atoms with Gasteiger partial charge < -0.3 is 16.0 Å². The van der Waals surface area contributed by atoms with Gasteiger partial charge in [0, 0.05) is 30.9 Å². The molecule has 0 fully saturated rings. The van der Waals surface area contributed by atoms with E-state index in [0.717, 1.165) is 12.1 Å². The third-order valence-corrected chi connectivity index (χ3v) is 2.45. The molecule has 126 valence electrons. The summed E-state index contributed by atoms with van der Waals surface area (Å²) in [6, 6.07) is 0. The monoisotopic (exact) mass is 422 g/mol. The second-order valence-corrected chi connectivity index (χ2v) is 5.87. The summed E-state index contributed by atoms with van der Waals surface area (Å²) in [5.41, 5.74) is 0.790. The number of nitrogens with one attached hydrogen (secondary N) is 3. The smallest absolute Gasteiger partial charge is 0.239 e. The number of aliphatic imine (C=N–C) groups is 1. The summed E-state index contributed by atoms with van der Waals surface area (Å²) in [6.07, 6.45) is 3.69. The number of amides is 1. The van der Waals surface area contributed by atoms with Crippen LogP contribution in [0.15, 0.2) is 17.4 Å². The first-order chi connectivity index (χ1) is 9.80. The third-order valence-electron chi connectivity index (χ3n) is 2.45. The third kappa shape index (κ3) is 8.85. The van der Waals surface area contributed by atoms with Gasteiger partial charge in [0.05, 0.1) is 19.3 Å². The Morgan fingerprint density at radius 1 is 1.36 bits per heavy atom. The Kier molecular flexibility index (Phi) is 9.07. The molecular formula is C14H27IN6O. The van der Waals surface area contributed by atoms with E-state index < -0.39 is 0 Å². The molecule has 0 atom stereocenters. The van der Waals surface area contributed by atoms with Crippen molar-refractivity contribution in [3.63, 3.8) is 0 Å². The van der Waals surface area contributed by atoms with Crippen molar-refractivity contribution < 1.29 is 4.79 Å². The molecular weight excluding hydrogens is 395 g/mol. The van der Waals surface area contributed by atoms with Gasteiger partial charge in [0.2, 0.25) is 5.91 Å². The molecule has 1 heterocycles. The van der Waals surface area contributed by atoms with Crippen molar-refractivity contribution in [2.75, 3.05) is 13.1 Å². The molecule has 0 radical (unpaired) electrons. The summed E-state index contributed by atoms with van der Waals surface area (Å²) in [7, 11) is 1.87. The number of hydrogen-bond acceptors (Lipinski definition) is 3. The Morgan fingerprint density at radius 3 is 2.55 bits per heavy atom. The number of carbonyl (C=O) groups excluding carboxylic acids is 1. The quantitative estimate of drug-likeness (QED) is 0.376. The van der Waals surface area contributed by atoms with E-state index in [0.29, 0.717) is 12.5 Å². The summed E-state index contributed by atoms with van der Waals surface area (Å²) in [5.74, 6) is 0.555. The van der Waals surface area contributed by atoms with Crippen LogP contribution in [-0.2, 0) is 18.4 Å². The Bertz CT molecular complexity index is 492. The largest absolute Gasteiger partial charge is 0.357 e. The molecule has 1 aromatic heterocycles. The SMILES string of the molecule is CCNC(=NCc1cnn(C)c1)NCC(=O)NC(C)(C)C.I. The lowest BCUT2D eigenvalue weighted by Crippen LogP contribution is -2.48. The predicted octanol–water partition coefficient (Wildman–Crippen LogP) is 1.01. The molecule has 0 saturated carbocycles. The molecule has 0 aliphatic carbocycles. The summed E-state index contributed by atoms with van der Waals surface area (Å²) < 4.78 is 1.74. The van der Waals surface area contributed by atoms with Crippen molar-refractivity contribution in [2.45, 2.75) is 39.8 Å². The molecule has 1 amide bonds. The second kappa shape index (κ2) is 9.65. The van der Waals surface area contributed by atoms with Crippen molar-refractivity contribution in [3.05, 3.63) is 18.0 Å². The Hall–Kier alpha value is -1.32. The summed E-state index contributed by atoms with van der Waals surface area (Å²) in [4.78, 5) is 16.2. The number of hydrogen-bond donors (Lipinski definition) is 3. The zero-order chi connectivity index (χ0) is 15.9. The predicted molar refractivity (Wildman–Crippen MR) is 99.3 cm³/mol. The maximum Gasteiger partial charge on any atom is 0.239 e. The number of halogens is 1. The molecule has 0 bridgehead atoms. The van der Waals surface area contributed by atoms with Gasteiger partial charge in [-0.3, -0.25) is 9.48 Å². The highest BCUT2D eigenvalue weighted by Gasteiger charge is 2.13. The van der Waals surface area contributed by atoms with E-state index in [-0.39, 0.29) is 42.0 Å². The van der Waals surface area contributed by atoms with Gasteiger partial charge >= 0.3 is 0 Å². The molecule has 0 aliphatic heterocycles. The number of aromatic nitrogens is 2. The zero-order valence-corrected chi connectivity index (χ0v) is 16.3. The first-order valence-electron chi connectivity index (χ1n) is 7.11. The fourth-order valence-electron chi connectivity index (χ4n) is 1.69. The van der Waals surface area contributed by atoms with Gasteiger partial charge in [-0.15, -0.1) is 24.0 Å². The number of nitrogens with zero attached hydrogens (tertiary/aromatic N) is 3. The summed E-state index contributed by atoms with van der Waals surface area (Å²) in [5, 5.41) is 13.1. The van der Waals surface area contributed by atoms with E-state index in [9.17, 15) is 4.79 Å². The van der Waals surface area contributed by atoms with E-state index in [1.165, 1.54) is 0 Å². The van der Waals surface area contributed by atoms with Crippen molar-refractivity contribution in [1.82, 2.24) is 25.7 Å². The normalized spacial score (nSPS) is 11.6. The average molecular weight is 422 g/mol. The maximum absolute atomic E-state index is 11.8. The number of aryl methyl sites for hydroxylation is 1. The van der Waals surface area contributed by atoms with Crippen molar-refractivity contribution >= 4 is 35.8 Å². The van der Waals surface area contributed by atoms with Gasteiger partial charge in [-0.05, 0) is 27.7 Å². The first kappa shape index (κ1) is 20.7. The van der Waals surface area contributed by atoms with Crippen molar-refractivity contribution in [2.24, 2.45) is 12.0 Å². The van der Waals surface area contributed by atoms with Crippen LogP contribution < -0.4 is 16.0 Å². The molecule has 0 aromatic carbocycles. The lowest BCUT2D eigenvalue weighted by atomic mass is 10.1. The average Bonchev–Trinajstić information content (AvgIpc) is 2.76. The maximum atomic E-state index is 11.8. The second-order valence-electron chi connectivity index (χ2n) is 5.87. The molecule has 1 rings (SSSR count). The van der Waals surface area contributed by atoms with Gasteiger partial charge in [0.1, 0.15) is 0 Å². The number of guanidine groups is 1. The molecule has 22 heavy (non-hydrogen) atoms. The minimum atomic E-state index is -0.232. The molecule has 3 N–H and O–H groups in total. The molecule has 0 aliphatic rings. The highest BCUT2D eigenvalue weighted by molar-refractivity contribution is 14.0. The van der Waals surface area contributed by atoms with Gasteiger partial charge in [-0.1, -0.05) is 0 Å². The van der Waals surface area contributed by atoms with Gasteiger partial charge in [0.15, 0.2) is 5.96 Å². The number of carbonyl (C=O) groups is 1. The van der Waals surface area contributed by atoms with E-state index in [4.69, 9.17) is 0 Å². The molecule has 0 spiro atoms. The highest BCUT2D eigenvalue weighted by atomic mass is 127. The summed E-state index contributed by atoms with van der Waals surface area (Å²) >= 11 is 0. The standard InChI is InChI=1S/C14H26N6O.HI/c1-6-15-13(16-7-11-8-18-20(5)10-11)17-9-12(21)19-14(2,3)4;/h8,10H,6-7,9H2,1-5H3,(H,19,21)(H2,15,16,17);1H. The minimum Gasteiger partial charge on any atom is -0.357 e. The van der Waals surface area contributed by atoms with Crippen LogP contribution in [0.5, 0.6) is 0 Å². The number of rotatable bonds is 5. The molecule has 0 unspecified atom stereocenters. The molecule has 8 heteroatoms. The van der Waals surface area contributed by atoms with E-state index in [1.807, 2.05) is 40.9 Å². The lowest BCUT2D eigenvalue weighted by Gasteiger charge is -2.21. The first-order valence-corrected chi connectivity index (χ1v) is 7.11. The van der Waals surface area contributed by atoms with Crippen LogP contribution in [0.3, 0.4) is 0 Å². The fraction of sp³-hybridized carbons (Fsp3) is 0.643. The molecule has 0 saturated heterocycles. The highest BCUT2D eigenvalue weighted by Crippen LogP contribution is 1.98. The van der Waals surface area contributed by atoms with E-state index >= 15 is 0 Å². The van der Waals surface area contributed by atoms with Gasteiger partial charge in [-0.2, -0.15) is 5.10 Å². The van der Waals surface area contributed by atoms with Crippen LogP contribution in [0.4, 0.5) is 0 Å². The lowest BCUT2D eigenvalue weighted by molar-refractivity contribution is -0.121. The molecule has 1 aromatic rings. The topological polar surface area (TPSA) is 83.3 Å². The van der Waals surface area contributed by atoms with Gasteiger partial charge in [0.25, 0.3) is 0 Å². The van der Waals surface area contributed by atoms with Crippen LogP contribution >= 0.6 is 24.0 Å². The fourth-order valence-corrected chi connectivity index (χ4v) is 1.69. The van der Waals surface area contributed by atoms with Crippen molar-refractivity contribution in [3.8, 4) is 0 Å². The van der Waals surface area contributed by atoms with Crippen LogP contribution in [0.1, 0.15) is 33.3 Å².